The molecule has 0 aromatic carbocycles. The molecular formula is C4H8N2O2. The minimum absolute atomic E-state index is 0.165. The molecular weight excluding hydrogens is 108 g/mol. The van der Waals surface area contributed by atoms with E-state index in [2.05, 4.69) is 0 Å². The lowest BCUT2D eigenvalue weighted by Gasteiger charge is -1.87. The summed E-state index contributed by atoms with van der Waals surface area (Å²) < 4.78 is 0. The molecule has 0 amide bonds. The summed E-state index contributed by atoms with van der Waals surface area (Å²) in [5.41, 5.74) is 9.65. The van der Waals surface area contributed by atoms with E-state index in [-0.39, 0.29) is 12.2 Å². The van der Waals surface area contributed by atoms with E-state index < -0.39 is 5.97 Å². The molecule has 0 aliphatic rings. The molecule has 0 fully saturated rings. The maximum absolute atomic E-state index is 9.84. The van der Waals surface area contributed by atoms with Crippen molar-refractivity contribution >= 4 is 5.97 Å². The second kappa shape index (κ2) is 3.04. The molecule has 0 aromatic rings. The highest BCUT2D eigenvalue weighted by Crippen LogP contribution is 1.78. The molecule has 0 unspecified atom stereocenters. The monoisotopic (exact) mass is 116 g/mol. The van der Waals surface area contributed by atoms with Gasteiger partial charge in [0.1, 0.15) is 5.70 Å². The van der Waals surface area contributed by atoms with Gasteiger partial charge in [-0.1, -0.05) is 0 Å². The van der Waals surface area contributed by atoms with E-state index in [1.165, 1.54) is 6.08 Å². The highest BCUT2D eigenvalue weighted by Gasteiger charge is 1.96. The number of hydrogen-bond acceptors (Lipinski definition) is 3. The molecule has 0 atom stereocenters. The normalized spacial score (nSPS) is 11.4. The first-order chi connectivity index (χ1) is 3.68. The highest BCUT2D eigenvalue weighted by molar-refractivity contribution is 5.85. The summed E-state index contributed by atoms with van der Waals surface area (Å²) in [6, 6.07) is 0. The third-order valence-corrected chi connectivity index (χ3v) is 0.585. The van der Waals surface area contributed by atoms with Gasteiger partial charge in [0.15, 0.2) is 0 Å². The van der Waals surface area contributed by atoms with Crippen LogP contribution in [0.15, 0.2) is 11.8 Å². The second-order valence-corrected chi connectivity index (χ2v) is 1.20. The predicted molar refractivity (Wildman–Crippen MR) is 29.0 cm³/mol. The van der Waals surface area contributed by atoms with E-state index in [1.54, 1.807) is 0 Å². The number of carbonyl (C=O) groups is 1. The van der Waals surface area contributed by atoms with Gasteiger partial charge < -0.3 is 16.6 Å². The number of carboxylic acid groups (broad SMARTS) is 1. The van der Waals surface area contributed by atoms with Crippen molar-refractivity contribution in [1.82, 2.24) is 0 Å². The first-order valence-corrected chi connectivity index (χ1v) is 2.07. The molecule has 0 rings (SSSR count). The summed E-state index contributed by atoms with van der Waals surface area (Å²) in [4.78, 5) is 9.84. The molecule has 46 valence electrons. The first kappa shape index (κ1) is 6.97. The van der Waals surface area contributed by atoms with Crippen LogP contribution in [0.5, 0.6) is 0 Å². The SMILES string of the molecule is NCC=C(N)C(=O)O. The van der Waals surface area contributed by atoms with Crippen LogP contribution in [0.25, 0.3) is 0 Å². The summed E-state index contributed by atoms with van der Waals surface area (Å²) in [5.74, 6) is -1.13. The van der Waals surface area contributed by atoms with E-state index >= 15 is 0 Å². The number of nitrogens with two attached hydrogens (primary N) is 2. The Hall–Kier alpha value is -1.03. The zero-order chi connectivity index (χ0) is 6.57. The highest BCUT2D eigenvalue weighted by atomic mass is 16.4. The summed E-state index contributed by atoms with van der Waals surface area (Å²) in [5, 5.41) is 8.06. The number of carboxylic acids is 1. The van der Waals surface area contributed by atoms with Crippen LogP contribution in [0, 0.1) is 0 Å². The number of rotatable bonds is 2. The van der Waals surface area contributed by atoms with Crippen molar-refractivity contribution in [2.24, 2.45) is 11.5 Å². The maximum Gasteiger partial charge on any atom is 0.351 e. The van der Waals surface area contributed by atoms with Gasteiger partial charge in [-0.25, -0.2) is 4.79 Å². The third-order valence-electron chi connectivity index (χ3n) is 0.585. The number of hydrogen-bond donors (Lipinski definition) is 3. The van der Waals surface area contributed by atoms with Gasteiger partial charge in [-0.3, -0.25) is 0 Å². The van der Waals surface area contributed by atoms with E-state index in [0.717, 1.165) is 0 Å². The fourth-order valence-corrected chi connectivity index (χ4v) is 0.214. The quantitative estimate of drug-likeness (QED) is 0.398. The molecule has 4 nitrogen and oxygen atoms in total. The van der Waals surface area contributed by atoms with Gasteiger partial charge in [0.2, 0.25) is 0 Å². The van der Waals surface area contributed by atoms with E-state index in [1.807, 2.05) is 0 Å². The second-order valence-electron chi connectivity index (χ2n) is 1.20. The lowest BCUT2D eigenvalue weighted by molar-refractivity contribution is -0.132. The average molecular weight is 116 g/mol. The minimum atomic E-state index is -1.13. The Balaban J connectivity index is 3.80. The molecule has 0 aliphatic heterocycles. The zero-order valence-corrected chi connectivity index (χ0v) is 4.29. The van der Waals surface area contributed by atoms with Crippen LogP contribution < -0.4 is 11.5 Å². The Labute approximate surface area is 46.8 Å². The van der Waals surface area contributed by atoms with E-state index in [0.29, 0.717) is 0 Å². The van der Waals surface area contributed by atoms with Crippen LogP contribution in [-0.2, 0) is 4.79 Å². The summed E-state index contributed by atoms with van der Waals surface area (Å²) in [6.45, 7) is 0.165. The smallest absolute Gasteiger partial charge is 0.351 e. The van der Waals surface area contributed by atoms with Crippen LogP contribution in [0.1, 0.15) is 0 Å². The molecule has 0 heterocycles. The Kier molecular flexibility index (Phi) is 2.64. The van der Waals surface area contributed by atoms with Crippen molar-refractivity contribution in [2.45, 2.75) is 0 Å². The standard InChI is InChI=1S/C4H8N2O2/c5-2-1-3(6)4(7)8/h1H,2,5-6H2,(H,7,8). The fraction of sp³-hybridized carbons (Fsp3) is 0.250. The Morgan fingerprint density at radius 2 is 2.25 bits per heavy atom. The van der Waals surface area contributed by atoms with Gasteiger partial charge in [-0.2, -0.15) is 0 Å². The zero-order valence-electron chi connectivity index (χ0n) is 4.29. The molecule has 8 heavy (non-hydrogen) atoms. The van der Waals surface area contributed by atoms with Crippen molar-refractivity contribution in [3.63, 3.8) is 0 Å². The van der Waals surface area contributed by atoms with Gasteiger partial charge in [0.05, 0.1) is 0 Å². The lowest BCUT2D eigenvalue weighted by atomic mass is 10.4. The topological polar surface area (TPSA) is 89.3 Å². The van der Waals surface area contributed by atoms with Crippen molar-refractivity contribution in [3.05, 3.63) is 11.8 Å². The van der Waals surface area contributed by atoms with Gasteiger partial charge in [0, 0.05) is 6.54 Å². The van der Waals surface area contributed by atoms with Crippen molar-refractivity contribution in [2.75, 3.05) is 6.54 Å². The summed E-state index contributed by atoms with van der Waals surface area (Å²) in [7, 11) is 0. The van der Waals surface area contributed by atoms with Gasteiger partial charge in [-0.05, 0) is 6.08 Å². The van der Waals surface area contributed by atoms with Crippen LogP contribution >= 0.6 is 0 Å². The van der Waals surface area contributed by atoms with Crippen LogP contribution in [0.2, 0.25) is 0 Å². The van der Waals surface area contributed by atoms with Crippen molar-refractivity contribution in [3.8, 4) is 0 Å². The third kappa shape index (κ3) is 2.20. The molecule has 5 N–H and O–H groups in total. The van der Waals surface area contributed by atoms with Crippen molar-refractivity contribution < 1.29 is 9.90 Å². The molecule has 0 spiro atoms. The molecule has 0 aromatic heterocycles. The molecule has 0 aliphatic carbocycles. The molecule has 4 heteroatoms. The molecule has 0 saturated heterocycles. The van der Waals surface area contributed by atoms with E-state index in [4.69, 9.17) is 16.6 Å². The van der Waals surface area contributed by atoms with Crippen LogP contribution in [-0.4, -0.2) is 17.6 Å². The average Bonchev–Trinajstić information content (AvgIpc) is 1.67. The fourth-order valence-electron chi connectivity index (χ4n) is 0.214. The van der Waals surface area contributed by atoms with Crippen LogP contribution in [0.3, 0.4) is 0 Å². The molecule has 0 bridgehead atoms. The lowest BCUT2D eigenvalue weighted by Crippen LogP contribution is -2.11. The van der Waals surface area contributed by atoms with Gasteiger partial charge in [0.25, 0.3) is 0 Å². The molecule has 0 radical (unpaired) electrons. The summed E-state index contributed by atoms with van der Waals surface area (Å²) in [6.07, 6.45) is 1.24. The molecule has 0 saturated carbocycles. The predicted octanol–water partition coefficient (Wildman–Crippen LogP) is -1.13. The Morgan fingerprint density at radius 1 is 1.75 bits per heavy atom. The number of aliphatic carboxylic acids is 1. The van der Waals surface area contributed by atoms with Gasteiger partial charge in [-0.15, -0.1) is 0 Å². The van der Waals surface area contributed by atoms with E-state index in [9.17, 15) is 4.79 Å². The van der Waals surface area contributed by atoms with Crippen LogP contribution in [0.4, 0.5) is 0 Å². The Bertz CT molecular complexity index is 119. The van der Waals surface area contributed by atoms with Crippen molar-refractivity contribution in [1.29, 1.82) is 0 Å². The Morgan fingerprint density at radius 3 is 2.38 bits per heavy atom. The summed E-state index contributed by atoms with van der Waals surface area (Å²) >= 11 is 0. The first-order valence-electron chi connectivity index (χ1n) is 2.07. The minimum Gasteiger partial charge on any atom is -0.477 e. The maximum atomic E-state index is 9.84. The largest absolute Gasteiger partial charge is 0.477 e. The van der Waals surface area contributed by atoms with Gasteiger partial charge >= 0.3 is 5.97 Å².